The molecule has 0 spiro atoms. The fourth-order valence-corrected chi connectivity index (χ4v) is 3.41. The van der Waals surface area contributed by atoms with E-state index in [-0.39, 0.29) is 12.0 Å². The molecular weight excluding hydrogens is 266 g/mol. The smallest absolute Gasteiger partial charge is 0.118 e. The highest BCUT2D eigenvalue weighted by molar-refractivity contribution is 5.18. The molecule has 2 atom stereocenters. The molecule has 0 aromatic carbocycles. The van der Waals surface area contributed by atoms with Gasteiger partial charge in [0.1, 0.15) is 11.5 Å². The molecule has 1 aromatic rings. The van der Waals surface area contributed by atoms with Crippen molar-refractivity contribution >= 4 is 0 Å². The van der Waals surface area contributed by atoms with E-state index < -0.39 is 0 Å². The third kappa shape index (κ3) is 2.77. The molecule has 2 heterocycles. The van der Waals surface area contributed by atoms with Crippen LogP contribution < -0.4 is 0 Å². The van der Waals surface area contributed by atoms with Gasteiger partial charge < -0.3 is 14.3 Å². The average molecular weight is 291 g/mol. The minimum Gasteiger partial charge on any atom is -0.464 e. The summed E-state index contributed by atoms with van der Waals surface area (Å²) < 4.78 is 11.4. The van der Waals surface area contributed by atoms with Crippen molar-refractivity contribution in [2.75, 3.05) is 26.4 Å². The number of aliphatic hydroxyl groups excluding tert-OH is 1. The van der Waals surface area contributed by atoms with E-state index in [9.17, 15) is 5.11 Å². The predicted octanol–water partition coefficient (Wildman–Crippen LogP) is 2.38. The minimum absolute atomic E-state index is 0.0387. The second kappa shape index (κ2) is 5.11. The monoisotopic (exact) mass is 291 g/mol. The van der Waals surface area contributed by atoms with Crippen LogP contribution in [0.5, 0.6) is 0 Å². The molecule has 1 N–H and O–H groups in total. The van der Waals surface area contributed by atoms with Crippen LogP contribution in [0.25, 0.3) is 0 Å². The van der Waals surface area contributed by atoms with Gasteiger partial charge in [0.05, 0.1) is 31.8 Å². The van der Waals surface area contributed by atoms with Crippen LogP contribution in [-0.4, -0.2) is 42.4 Å². The van der Waals surface area contributed by atoms with E-state index >= 15 is 0 Å². The van der Waals surface area contributed by atoms with Crippen LogP contribution in [0.2, 0.25) is 0 Å². The lowest BCUT2D eigenvalue weighted by molar-refractivity contribution is -0.150. The van der Waals surface area contributed by atoms with E-state index in [1.165, 1.54) is 19.3 Å². The number of ether oxygens (including phenoxy) is 1. The first kappa shape index (κ1) is 13.8. The van der Waals surface area contributed by atoms with Crippen molar-refractivity contribution in [3.05, 3.63) is 23.7 Å². The predicted molar refractivity (Wildman–Crippen MR) is 79.0 cm³/mol. The molecule has 3 fully saturated rings. The standard InChI is InChI=1S/C17H25NO3/c1-12-6-15(12)16-5-4-14(21-16)7-18(13-2-3-13)8-17(9-19)10-20-11-17/h4-5,12-13,15,19H,2-3,6-11H2,1H3. The van der Waals surface area contributed by atoms with Crippen LogP contribution in [0.1, 0.15) is 43.6 Å². The summed E-state index contributed by atoms with van der Waals surface area (Å²) >= 11 is 0. The molecule has 3 aliphatic rings. The molecule has 0 bridgehead atoms. The largest absolute Gasteiger partial charge is 0.464 e. The molecule has 4 heteroatoms. The van der Waals surface area contributed by atoms with Crippen molar-refractivity contribution in [3.8, 4) is 0 Å². The zero-order valence-electron chi connectivity index (χ0n) is 12.8. The molecule has 2 saturated carbocycles. The van der Waals surface area contributed by atoms with Crippen LogP contribution in [-0.2, 0) is 11.3 Å². The molecule has 4 rings (SSSR count). The maximum absolute atomic E-state index is 9.64. The number of furan rings is 1. The maximum atomic E-state index is 9.64. The van der Waals surface area contributed by atoms with E-state index in [1.807, 2.05) is 0 Å². The number of hydrogen-bond acceptors (Lipinski definition) is 4. The van der Waals surface area contributed by atoms with Crippen LogP contribution in [0.4, 0.5) is 0 Å². The Morgan fingerprint density at radius 3 is 2.62 bits per heavy atom. The van der Waals surface area contributed by atoms with Crippen LogP contribution >= 0.6 is 0 Å². The van der Waals surface area contributed by atoms with Gasteiger partial charge in [-0.3, -0.25) is 4.90 Å². The summed E-state index contributed by atoms with van der Waals surface area (Å²) in [4.78, 5) is 2.48. The molecule has 2 unspecified atom stereocenters. The van der Waals surface area contributed by atoms with E-state index in [0.29, 0.717) is 25.2 Å². The minimum atomic E-state index is -0.0387. The van der Waals surface area contributed by atoms with E-state index in [2.05, 4.69) is 24.0 Å². The summed E-state index contributed by atoms with van der Waals surface area (Å²) in [6, 6.07) is 4.96. The SMILES string of the molecule is CC1CC1c1ccc(CN(CC2(CO)COC2)C2CC2)o1. The van der Waals surface area contributed by atoms with Gasteiger partial charge in [0, 0.05) is 18.5 Å². The maximum Gasteiger partial charge on any atom is 0.118 e. The molecule has 1 saturated heterocycles. The summed E-state index contributed by atoms with van der Waals surface area (Å²) in [7, 11) is 0. The first-order valence-electron chi connectivity index (χ1n) is 8.20. The van der Waals surface area contributed by atoms with Gasteiger partial charge in [-0.25, -0.2) is 0 Å². The lowest BCUT2D eigenvalue weighted by Crippen LogP contribution is -2.53. The van der Waals surface area contributed by atoms with E-state index in [4.69, 9.17) is 9.15 Å². The zero-order valence-corrected chi connectivity index (χ0v) is 12.8. The number of rotatable bonds is 7. The molecule has 1 aromatic heterocycles. The van der Waals surface area contributed by atoms with E-state index in [1.54, 1.807) is 0 Å². The Labute approximate surface area is 126 Å². The Morgan fingerprint density at radius 1 is 1.33 bits per heavy atom. The first-order valence-corrected chi connectivity index (χ1v) is 8.20. The van der Waals surface area contributed by atoms with Gasteiger partial charge in [-0.1, -0.05) is 6.92 Å². The molecule has 2 aliphatic carbocycles. The highest BCUT2D eigenvalue weighted by atomic mass is 16.5. The van der Waals surface area contributed by atoms with E-state index in [0.717, 1.165) is 30.5 Å². The second-order valence-electron chi connectivity index (χ2n) is 7.41. The van der Waals surface area contributed by atoms with Gasteiger partial charge in [0.2, 0.25) is 0 Å². The van der Waals surface area contributed by atoms with Crippen LogP contribution in [0, 0.1) is 11.3 Å². The lowest BCUT2D eigenvalue weighted by atomic mass is 9.86. The van der Waals surface area contributed by atoms with Crippen molar-refractivity contribution in [2.24, 2.45) is 11.3 Å². The van der Waals surface area contributed by atoms with Crippen LogP contribution in [0.15, 0.2) is 16.5 Å². The molecule has 0 amide bonds. The third-order valence-electron chi connectivity index (χ3n) is 5.27. The quantitative estimate of drug-likeness (QED) is 0.838. The Bertz CT molecular complexity index is 498. The Kier molecular flexibility index (Phi) is 3.36. The number of hydrogen-bond donors (Lipinski definition) is 1. The Balaban J connectivity index is 1.41. The van der Waals surface area contributed by atoms with Crippen molar-refractivity contribution in [1.29, 1.82) is 0 Å². The number of nitrogens with zero attached hydrogens (tertiary/aromatic N) is 1. The summed E-state index contributed by atoms with van der Waals surface area (Å²) in [6.07, 6.45) is 3.81. The van der Waals surface area contributed by atoms with Crippen molar-refractivity contribution in [2.45, 2.75) is 44.7 Å². The van der Waals surface area contributed by atoms with Gasteiger partial charge >= 0.3 is 0 Å². The highest BCUT2D eigenvalue weighted by Crippen LogP contribution is 2.47. The summed E-state index contributed by atoms with van der Waals surface area (Å²) in [5.74, 6) is 3.67. The van der Waals surface area contributed by atoms with Gasteiger partial charge in [0.25, 0.3) is 0 Å². The van der Waals surface area contributed by atoms with Gasteiger partial charge in [0.15, 0.2) is 0 Å². The van der Waals surface area contributed by atoms with Crippen molar-refractivity contribution < 1.29 is 14.3 Å². The van der Waals surface area contributed by atoms with Gasteiger partial charge in [-0.05, 0) is 37.3 Å². The second-order valence-corrected chi connectivity index (χ2v) is 7.41. The highest BCUT2D eigenvalue weighted by Gasteiger charge is 2.43. The molecular formula is C17H25NO3. The molecule has 0 radical (unpaired) electrons. The summed E-state index contributed by atoms with van der Waals surface area (Å²) in [6.45, 7) is 5.67. The fraction of sp³-hybridized carbons (Fsp3) is 0.765. The molecule has 4 nitrogen and oxygen atoms in total. The lowest BCUT2D eigenvalue weighted by Gasteiger charge is -2.43. The molecule has 21 heavy (non-hydrogen) atoms. The van der Waals surface area contributed by atoms with Crippen molar-refractivity contribution in [1.82, 2.24) is 4.90 Å². The summed E-state index contributed by atoms with van der Waals surface area (Å²) in [5, 5.41) is 9.64. The first-order chi connectivity index (χ1) is 10.2. The Hall–Kier alpha value is -0.840. The van der Waals surface area contributed by atoms with Gasteiger partial charge in [-0.15, -0.1) is 0 Å². The van der Waals surface area contributed by atoms with Crippen LogP contribution in [0.3, 0.4) is 0 Å². The fourth-order valence-electron chi connectivity index (χ4n) is 3.41. The Morgan fingerprint density at radius 2 is 2.10 bits per heavy atom. The number of aliphatic hydroxyl groups is 1. The zero-order chi connectivity index (χ0) is 14.4. The summed E-state index contributed by atoms with van der Waals surface area (Å²) in [5.41, 5.74) is -0.0387. The third-order valence-corrected chi connectivity index (χ3v) is 5.27. The van der Waals surface area contributed by atoms with Crippen molar-refractivity contribution in [3.63, 3.8) is 0 Å². The normalized spacial score (nSPS) is 30.4. The molecule has 116 valence electrons. The average Bonchev–Trinajstić information content (AvgIpc) is 3.35. The molecule has 1 aliphatic heterocycles. The topological polar surface area (TPSA) is 45.8 Å². The van der Waals surface area contributed by atoms with Gasteiger partial charge in [-0.2, -0.15) is 0 Å².